The molecular formula is C19H12F12O5. The van der Waals surface area contributed by atoms with Crippen molar-refractivity contribution in [2.24, 2.45) is 0 Å². The molecule has 0 radical (unpaired) electrons. The topological polar surface area (TPSA) is 72.8 Å². The van der Waals surface area contributed by atoms with Gasteiger partial charge in [0.25, 0.3) is 0 Å². The van der Waals surface area contributed by atoms with Crippen LogP contribution in [0.4, 0.5) is 52.7 Å². The molecule has 1 rings (SSSR count). The maximum Gasteiger partial charge on any atom is 0.442 e. The SMILES string of the molecule is C=CC(=O)Oc1cc(C(C)(O)C(F)(F)F)cc(C(OC(=O)C(=C)C(F)(F)F)(C(F)(F)F)C(F)(F)F)c1. The van der Waals surface area contributed by atoms with E-state index in [2.05, 4.69) is 16.1 Å². The summed E-state index contributed by atoms with van der Waals surface area (Å²) in [6, 6.07) is -0.933. The summed E-state index contributed by atoms with van der Waals surface area (Å²) in [6.07, 6.45) is -25.1. The molecule has 0 fully saturated rings. The van der Waals surface area contributed by atoms with Gasteiger partial charge in [0.05, 0.1) is 0 Å². The minimum atomic E-state index is -6.88. The van der Waals surface area contributed by atoms with Gasteiger partial charge in [0.15, 0.2) is 5.60 Å². The fourth-order valence-electron chi connectivity index (χ4n) is 2.44. The average molecular weight is 548 g/mol. The average Bonchev–Trinajstić information content (AvgIpc) is 2.67. The van der Waals surface area contributed by atoms with Crippen molar-refractivity contribution >= 4 is 11.9 Å². The molecule has 0 aromatic heterocycles. The molecule has 1 aromatic carbocycles. The van der Waals surface area contributed by atoms with E-state index >= 15 is 0 Å². The van der Waals surface area contributed by atoms with Gasteiger partial charge < -0.3 is 14.6 Å². The van der Waals surface area contributed by atoms with Crippen LogP contribution in [-0.2, 0) is 25.5 Å². The van der Waals surface area contributed by atoms with Crippen LogP contribution in [0.2, 0.25) is 0 Å². The zero-order valence-electron chi connectivity index (χ0n) is 17.3. The molecule has 1 unspecified atom stereocenters. The number of hydrogen-bond acceptors (Lipinski definition) is 5. The van der Waals surface area contributed by atoms with Gasteiger partial charge >= 0.3 is 42.2 Å². The fraction of sp³-hybridized carbons (Fsp3) is 0.368. The molecule has 0 amide bonds. The van der Waals surface area contributed by atoms with Crippen LogP contribution >= 0.6 is 0 Å². The first-order valence-corrected chi connectivity index (χ1v) is 8.75. The summed E-state index contributed by atoms with van der Waals surface area (Å²) in [4.78, 5) is 23.0. The first-order valence-electron chi connectivity index (χ1n) is 8.75. The van der Waals surface area contributed by atoms with E-state index in [1.165, 1.54) is 0 Å². The van der Waals surface area contributed by atoms with Gasteiger partial charge in [0.2, 0.25) is 0 Å². The monoisotopic (exact) mass is 548 g/mol. The van der Waals surface area contributed by atoms with E-state index in [-0.39, 0.29) is 19.1 Å². The van der Waals surface area contributed by atoms with Gasteiger partial charge in [-0.1, -0.05) is 13.2 Å². The molecule has 0 aliphatic carbocycles. The number of benzene rings is 1. The number of hydrogen-bond donors (Lipinski definition) is 1. The number of aliphatic hydroxyl groups is 1. The maximum atomic E-state index is 13.9. The zero-order chi connectivity index (χ0) is 28.7. The lowest BCUT2D eigenvalue weighted by atomic mass is 9.86. The van der Waals surface area contributed by atoms with Gasteiger partial charge in [-0.3, -0.25) is 0 Å². The minimum absolute atomic E-state index is 0.0202. The highest BCUT2D eigenvalue weighted by Crippen LogP contribution is 2.55. The summed E-state index contributed by atoms with van der Waals surface area (Å²) in [5.41, 5.74) is -17.4. The molecule has 0 saturated heterocycles. The van der Waals surface area contributed by atoms with Crippen LogP contribution in [0, 0.1) is 0 Å². The largest absolute Gasteiger partial charge is 0.442 e. The number of carbonyl (C=O) groups excluding carboxylic acids is 2. The third-order valence-electron chi connectivity index (χ3n) is 4.45. The van der Waals surface area contributed by atoms with Crippen LogP contribution in [0.3, 0.4) is 0 Å². The van der Waals surface area contributed by atoms with E-state index in [4.69, 9.17) is 0 Å². The van der Waals surface area contributed by atoms with Crippen LogP contribution in [0.15, 0.2) is 43.0 Å². The van der Waals surface area contributed by atoms with E-state index in [0.717, 1.165) is 0 Å². The third-order valence-corrected chi connectivity index (χ3v) is 4.45. The number of alkyl halides is 12. The van der Waals surface area contributed by atoms with Crippen molar-refractivity contribution in [1.29, 1.82) is 0 Å². The molecule has 0 bridgehead atoms. The Morgan fingerprint density at radius 1 is 0.833 bits per heavy atom. The van der Waals surface area contributed by atoms with Gasteiger partial charge in [-0.2, -0.15) is 52.7 Å². The number of esters is 2. The van der Waals surface area contributed by atoms with E-state index < -0.39 is 76.4 Å². The molecular weight excluding hydrogens is 536 g/mol. The molecule has 5 nitrogen and oxygen atoms in total. The van der Waals surface area contributed by atoms with Crippen LogP contribution in [0.25, 0.3) is 0 Å². The molecule has 17 heteroatoms. The first kappa shape index (κ1) is 30.8. The van der Waals surface area contributed by atoms with Crippen molar-refractivity contribution in [3.8, 4) is 5.75 Å². The summed E-state index contributed by atoms with van der Waals surface area (Å²) in [5, 5.41) is 9.79. The number of ether oxygens (including phenoxy) is 2. The highest BCUT2D eigenvalue weighted by molar-refractivity contribution is 5.89. The molecule has 0 spiro atoms. The molecule has 0 heterocycles. The molecule has 36 heavy (non-hydrogen) atoms. The number of halogens is 12. The number of carbonyl (C=O) groups is 2. The Bertz CT molecular complexity index is 1030. The second-order valence-corrected chi connectivity index (χ2v) is 6.98. The van der Waals surface area contributed by atoms with E-state index in [0.29, 0.717) is 6.08 Å². The summed E-state index contributed by atoms with van der Waals surface area (Å²) in [5.74, 6) is -6.38. The Hall–Kier alpha value is -3.24. The van der Waals surface area contributed by atoms with Crippen molar-refractivity contribution in [1.82, 2.24) is 0 Å². The summed E-state index contributed by atoms with van der Waals surface area (Å²) >= 11 is 0. The Morgan fingerprint density at radius 2 is 1.28 bits per heavy atom. The smallest absolute Gasteiger partial charge is 0.431 e. The second-order valence-electron chi connectivity index (χ2n) is 6.98. The fourth-order valence-corrected chi connectivity index (χ4v) is 2.44. The van der Waals surface area contributed by atoms with Gasteiger partial charge in [-0.05, 0) is 30.7 Å². The van der Waals surface area contributed by atoms with E-state index in [1.807, 2.05) is 6.58 Å². The van der Waals surface area contributed by atoms with Crippen LogP contribution < -0.4 is 4.74 Å². The van der Waals surface area contributed by atoms with E-state index in [1.54, 1.807) is 0 Å². The zero-order valence-corrected chi connectivity index (χ0v) is 17.3. The van der Waals surface area contributed by atoms with Crippen LogP contribution in [0.5, 0.6) is 5.75 Å². The summed E-state index contributed by atoms with van der Waals surface area (Å²) in [7, 11) is 0. The Labute approximate surface area is 192 Å². The quantitative estimate of drug-likeness (QED) is 0.219. The van der Waals surface area contributed by atoms with Crippen molar-refractivity contribution in [3.05, 3.63) is 54.1 Å². The van der Waals surface area contributed by atoms with Gasteiger partial charge in [0.1, 0.15) is 11.3 Å². The van der Waals surface area contributed by atoms with Gasteiger partial charge in [0, 0.05) is 11.6 Å². The normalized spacial score (nSPS) is 15.1. The second kappa shape index (κ2) is 9.33. The first-order chi connectivity index (χ1) is 15.8. The molecule has 1 aromatic rings. The molecule has 0 saturated carbocycles. The van der Waals surface area contributed by atoms with Crippen molar-refractivity contribution < 1.29 is 76.9 Å². The lowest BCUT2D eigenvalue weighted by Gasteiger charge is -2.38. The van der Waals surface area contributed by atoms with Crippen LogP contribution in [0.1, 0.15) is 18.1 Å². The Balaban J connectivity index is 4.16. The van der Waals surface area contributed by atoms with Crippen molar-refractivity contribution in [3.63, 3.8) is 0 Å². The molecule has 202 valence electrons. The predicted molar refractivity (Wildman–Crippen MR) is 93.0 cm³/mol. The lowest BCUT2D eigenvalue weighted by Crippen LogP contribution is -2.57. The standard InChI is InChI=1S/C19H12F12O5/c1-4-12(32)35-11-6-9(14(3,34)17(23,24)25)5-10(7-11)15(18(26,27)28,19(29,30)31)36-13(33)8(2)16(20,21)22/h4-7,34H,1-2H2,3H3. The lowest BCUT2D eigenvalue weighted by molar-refractivity contribution is -0.377. The predicted octanol–water partition coefficient (Wildman–Crippen LogP) is 5.53. The maximum absolute atomic E-state index is 13.9. The minimum Gasteiger partial charge on any atom is -0.431 e. The molecule has 0 aliphatic heterocycles. The number of rotatable bonds is 6. The highest BCUT2D eigenvalue weighted by atomic mass is 19.4. The molecule has 1 N–H and O–H groups in total. The summed E-state index contributed by atoms with van der Waals surface area (Å²) < 4.78 is 169. The summed E-state index contributed by atoms with van der Waals surface area (Å²) in [6.45, 7) is 4.77. The van der Waals surface area contributed by atoms with Crippen LogP contribution in [-0.4, -0.2) is 41.8 Å². The highest BCUT2D eigenvalue weighted by Gasteiger charge is 2.76. The van der Waals surface area contributed by atoms with Crippen molar-refractivity contribution in [2.45, 2.75) is 42.8 Å². The third kappa shape index (κ3) is 5.76. The molecule has 0 aliphatic rings. The van der Waals surface area contributed by atoms with Gasteiger partial charge in [-0.15, -0.1) is 0 Å². The Kier molecular flexibility index (Phi) is 7.98. The Morgan fingerprint density at radius 3 is 1.64 bits per heavy atom. The molecule has 1 atom stereocenters. The van der Waals surface area contributed by atoms with E-state index in [9.17, 15) is 67.4 Å². The van der Waals surface area contributed by atoms with Gasteiger partial charge in [-0.25, -0.2) is 9.59 Å². The van der Waals surface area contributed by atoms with Crippen molar-refractivity contribution in [2.75, 3.05) is 0 Å².